The molecule has 31 heavy (non-hydrogen) atoms. The predicted molar refractivity (Wildman–Crippen MR) is 121 cm³/mol. The van der Waals surface area contributed by atoms with Crippen molar-refractivity contribution >= 4 is 11.8 Å². The van der Waals surface area contributed by atoms with Gasteiger partial charge >= 0.3 is 0 Å². The van der Waals surface area contributed by atoms with Crippen molar-refractivity contribution in [2.24, 2.45) is 22.0 Å². The van der Waals surface area contributed by atoms with E-state index in [-0.39, 0.29) is 5.91 Å². The van der Waals surface area contributed by atoms with Gasteiger partial charge in [-0.3, -0.25) is 9.59 Å². The van der Waals surface area contributed by atoms with Crippen molar-refractivity contribution in [3.63, 3.8) is 0 Å². The summed E-state index contributed by atoms with van der Waals surface area (Å²) in [5, 5.41) is 23.3. The maximum absolute atomic E-state index is 14.5. The highest BCUT2D eigenvalue weighted by Gasteiger charge is 2.62. The molecule has 0 aromatic carbocycles. The fourth-order valence-corrected chi connectivity index (χ4v) is 6.76. The van der Waals surface area contributed by atoms with Gasteiger partial charge in [-0.1, -0.05) is 54.4 Å². The lowest BCUT2D eigenvalue weighted by molar-refractivity contribution is -0.211. The molecule has 3 rings (SSSR count). The van der Waals surface area contributed by atoms with Crippen molar-refractivity contribution in [2.45, 2.75) is 129 Å². The predicted octanol–water partition coefficient (Wildman–Crippen LogP) is 3.52. The third-order valence-electron chi connectivity index (χ3n) is 8.23. The zero-order chi connectivity index (χ0) is 23.5. The van der Waals surface area contributed by atoms with Gasteiger partial charge in [0.15, 0.2) is 0 Å². The first-order valence-electron chi connectivity index (χ1n) is 12.2. The molecule has 0 bridgehead atoms. The molecular weight excluding hydrogens is 392 g/mol. The summed E-state index contributed by atoms with van der Waals surface area (Å²) in [6.45, 7) is 12.3. The van der Waals surface area contributed by atoms with Crippen LogP contribution in [-0.2, 0) is 9.59 Å². The van der Waals surface area contributed by atoms with Crippen LogP contribution in [0.3, 0.4) is 0 Å². The van der Waals surface area contributed by atoms with Gasteiger partial charge in [0, 0.05) is 0 Å². The summed E-state index contributed by atoms with van der Waals surface area (Å²) in [6.07, 6.45) is 6.79. The van der Waals surface area contributed by atoms with Gasteiger partial charge in [-0.15, -0.1) is 0 Å². The smallest absolute Gasteiger partial charge is 0.238 e. The molecule has 2 atom stereocenters. The summed E-state index contributed by atoms with van der Waals surface area (Å²) >= 11 is 0. The van der Waals surface area contributed by atoms with Crippen LogP contribution in [-0.4, -0.2) is 50.2 Å². The molecule has 0 spiro atoms. The van der Waals surface area contributed by atoms with E-state index in [2.05, 4.69) is 0 Å². The number of hydrogen-bond acceptors (Lipinski definition) is 4. The minimum absolute atomic E-state index is 0.280. The molecule has 4 N–H and O–H groups in total. The molecule has 2 unspecified atom stereocenters. The largest absolute Gasteiger partial charge is 0.388 e. The maximum atomic E-state index is 14.5. The minimum Gasteiger partial charge on any atom is -0.388 e. The first kappa shape index (κ1) is 24.5. The second-order valence-corrected chi connectivity index (χ2v) is 12.8. The van der Waals surface area contributed by atoms with E-state index in [9.17, 15) is 19.8 Å². The van der Waals surface area contributed by atoms with Crippen LogP contribution in [0.25, 0.3) is 0 Å². The molecule has 178 valence electrons. The van der Waals surface area contributed by atoms with Crippen LogP contribution in [0.4, 0.5) is 0 Å². The number of hydrogen-bond donors (Lipinski definition) is 3. The standard InChI is InChI=1S/C25H44N2O4/c1-21(2,3)17(24(30)13-9-14-24)27(18(22(4,5)6)25(31)15-10-16-25)20(29)23(19(26)28)11-7-8-12-23/h17-18,30-31H,7-16H2,1-6H3,(H2,26,28). The zero-order valence-corrected chi connectivity index (χ0v) is 20.5. The third kappa shape index (κ3) is 4.03. The molecule has 0 aromatic rings. The summed E-state index contributed by atoms with van der Waals surface area (Å²) in [4.78, 5) is 29.0. The van der Waals surface area contributed by atoms with E-state index in [0.717, 1.165) is 25.7 Å². The monoisotopic (exact) mass is 436 g/mol. The Morgan fingerprint density at radius 3 is 1.32 bits per heavy atom. The van der Waals surface area contributed by atoms with Crippen LogP contribution < -0.4 is 5.73 Å². The van der Waals surface area contributed by atoms with Gasteiger partial charge in [0.1, 0.15) is 5.41 Å². The van der Waals surface area contributed by atoms with E-state index >= 15 is 0 Å². The second-order valence-electron chi connectivity index (χ2n) is 12.8. The van der Waals surface area contributed by atoms with Crippen molar-refractivity contribution in [2.75, 3.05) is 0 Å². The Balaban J connectivity index is 2.22. The van der Waals surface area contributed by atoms with Gasteiger partial charge in [-0.2, -0.15) is 0 Å². The number of nitrogens with two attached hydrogens (primary N) is 1. The molecule has 3 fully saturated rings. The van der Waals surface area contributed by atoms with E-state index in [1.54, 1.807) is 4.90 Å². The molecule has 6 heteroatoms. The summed E-state index contributed by atoms with van der Waals surface area (Å²) < 4.78 is 0. The Hall–Kier alpha value is -1.14. The molecule has 0 aromatic heterocycles. The lowest BCUT2D eigenvalue weighted by Crippen LogP contribution is -2.74. The molecule has 2 amide bonds. The van der Waals surface area contributed by atoms with Crippen LogP contribution >= 0.6 is 0 Å². The Kier molecular flexibility index (Phi) is 6.10. The van der Waals surface area contributed by atoms with Gasteiger partial charge < -0.3 is 20.8 Å². The van der Waals surface area contributed by atoms with E-state index < -0.39 is 45.4 Å². The SMILES string of the molecule is CC(C)(C)C(N(C(=O)C1(C(N)=O)CCCC1)C(C(C)(C)C)C1(O)CCC1)C1(O)CCC1. The highest BCUT2D eigenvalue weighted by molar-refractivity contribution is 6.05. The number of rotatable bonds is 6. The first-order valence-corrected chi connectivity index (χ1v) is 12.2. The van der Waals surface area contributed by atoms with Crippen LogP contribution in [0.2, 0.25) is 0 Å². The van der Waals surface area contributed by atoms with Crippen LogP contribution in [0.1, 0.15) is 106 Å². The lowest BCUT2D eigenvalue weighted by atomic mass is 9.60. The molecule has 3 aliphatic rings. The second kappa shape index (κ2) is 7.72. The third-order valence-corrected chi connectivity index (χ3v) is 8.23. The van der Waals surface area contributed by atoms with Gasteiger partial charge in [-0.05, 0) is 62.2 Å². The highest BCUT2D eigenvalue weighted by Crippen LogP contribution is 2.53. The fourth-order valence-electron chi connectivity index (χ4n) is 6.76. The summed E-state index contributed by atoms with van der Waals surface area (Å²) in [6, 6.07) is -1.01. The Morgan fingerprint density at radius 1 is 0.742 bits per heavy atom. The number of primary amides is 1. The maximum Gasteiger partial charge on any atom is 0.238 e. The average Bonchev–Trinajstić information content (AvgIpc) is 3.06. The Morgan fingerprint density at radius 2 is 1.10 bits per heavy atom. The highest BCUT2D eigenvalue weighted by atomic mass is 16.3. The van der Waals surface area contributed by atoms with Crippen molar-refractivity contribution < 1.29 is 19.8 Å². The summed E-state index contributed by atoms with van der Waals surface area (Å²) in [7, 11) is 0. The topological polar surface area (TPSA) is 104 Å². The molecule has 3 saturated carbocycles. The van der Waals surface area contributed by atoms with Gasteiger partial charge in [0.2, 0.25) is 11.8 Å². The van der Waals surface area contributed by atoms with Crippen molar-refractivity contribution in [1.29, 1.82) is 0 Å². The molecule has 0 aliphatic heterocycles. The zero-order valence-electron chi connectivity index (χ0n) is 20.5. The molecule has 3 aliphatic carbocycles. The lowest BCUT2D eigenvalue weighted by Gasteiger charge is -2.62. The molecule has 0 heterocycles. The molecule has 0 radical (unpaired) electrons. The first-order chi connectivity index (χ1) is 14.1. The normalized spacial score (nSPS) is 26.3. The van der Waals surface area contributed by atoms with Crippen LogP contribution in [0, 0.1) is 16.2 Å². The summed E-state index contributed by atoms with van der Waals surface area (Å²) in [5.74, 6) is -0.848. The van der Waals surface area contributed by atoms with Crippen molar-refractivity contribution in [3.05, 3.63) is 0 Å². The van der Waals surface area contributed by atoms with Crippen LogP contribution in [0.5, 0.6) is 0 Å². The number of nitrogens with zero attached hydrogens (tertiary/aromatic N) is 1. The van der Waals surface area contributed by atoms with E-state index in [0.29, 0.717) is 38.5 Å². The Labute approximate surface area is 187 Å². The van der Waals surface area contributed by atoms with E-state index in [1.807, 2.05) is 41.5 Å². The average molecular weight is 437 g/mol. The van der Waals surface area contributed by atoms with Crippen molar-refractivity contribution in [1.82, 2.24) is 4.90 Å². The minimum atomic E-state index is -1.24. The Bertz CT molecular complexity index is 666. The van der Waals surface area contributed by atoms with Gasteiger partial charge in [-0.25, -0.2) is 0 Å². The molecular formula is C25H44N2O4. The number of carbonyl (C=O) groups excluding carboxylic acids is 2. The van der Waals surface area contributed by atoms with Crippen molar-refractivity contribution in [3.8, 4) is 0 Å². The van der Waals surface area contributed by atoms with Gasteiger partial charge in [0.05, 0.1) is 23.3 Å². The number of amides is 2. The number of aliphatic hydroxyl groups is 2. The fraction of sp³-hybridized carbons (Fsp3) is 0.920. The summed E-state index contributed by atoms with van der Waals surface area (Å²) in [5.41, 5.74) is 1.73. The van der Waals surface area contributed by atoms with E-state index in [4.69, 9.17) is 5.73 Å². The quantitative estimate of drug-likeness (QED) is 0.554. The van der Waals surface area contributed by atoms with Gasteiger partial charge in [0.25, 0.3) is 0 Å². The molecule has 0 saturated heterocycles. The van der Waals surface area contributed by atoms with E-state index in [1.165, 1.54) is 0 Å². The van der Waals surface area contributed by atoms with Crippen LogP contribution in [0.15, 0.2) is 0 Å². The number of carbonyl (C=O) groups is 2. The molecule has 6 nitrogen and oxygen atoms in total.